The number of aliphatic hydroxyl groups excluding tert-OH is 2. The molecule has 3 atom stereocenters. The summed E-state index contributed by atoms with van der Waals surface area (Å²) in [5.74, 6) is -0.579. The Morgan fingerprint density at radius 3 is 1.26 bits per heavy atom. The molecule has 0 aliphatic heterocycles. The minimum atomic E-state index is -0.814. The monoisotopic (exact) mass is 924 g/mol. The standard InChI is InChI=1S/C60H109NO5/c1-4-7-10-13-16-19-22-25-28-31-34-37-40-43-46-49-52-58(63)57(55-62)61-59(64)54-56(51-48-45-42-39-36-33-30-27-24-21-18-15-12-9-6-3)66-60(65)53-50-47-44-41-38-35-32-29-26-23-20-17-14-11-8-5-2/h18,21,27,29-30,32,36,39,45,48,56-58,62-63H,4-17,19-20,22-26,28,31,33-35,37-38,40-44,46-47,49-55H2,1-3H3,(H,61,64)/b21-18-,30-27-,32-29+,39-36-,48-45-. The first kappa shape index (κ1) is 63.6. The zero-order chi connectivity index (χ0) is 48.1. The van der Waals surface area contributed by atoms with Crippen LogP contribution in [0.2, 0.25) is 0 Å². The molecule has 0 saturated heterocycles. The molecule has 0 saturated carbocycles. The minimum absolute atomic E-state index is 0.00148. The molecule has 0 aromatic carbocycles. The van der Waals surface area contributed by atoms with Gasteiger partial charge in [-0.2, -0.15) is 0 Å². The molecule has 0 spiro atoms. The molecular formula is C60H109NO5. The Balaban J connectivity index is 4.66. The Hall–Kier alpha value is -2.44. The number of hydrogen-bond donors (Lipinski definition) is 3. The van der Waals surface area contributed by atoms with Crippen molar-refractivity contribution < 1.29 is 24.5 Å². The van der Waals surface area contributed by atoms with Crippen molar-refractivity contribution >= 4 is 11.9 Å². The van der Waals surface area contributed by atoms with Crippen LogP contribution in [0.3, 0.4) is 0 Å². The predicted molar refractivity (Wildman–Crippen MR) is 287 cm³/mol. The summed E-state index contributed by atoms with van der Waals surface area (Å²) in [6.07, 6.45) is 67.3. The lowest BCUT2D eigenvalue weighted by Crippen LogP contribution is -2.46. The average molecular weight is 925 g/mol. The summed E-state index contributed by atoms with van der Waals surface area (Å²) in [7, 11) is 0. The van der Waals surface area contributed by atoms with Crippen LogP contribution in [0, 0.1) is 0 Å². The van der Waals surface area contributed by atoms with Crippen LogP contribution >= 0.6 is 0 Å². The maximum atomic E-state index is 13.2. The van der Waals surface area contributed by atoms with E-state index in [9.17, 15) is 19.8 Å². The summed E-state index contributed by atoms with van der Waals surface area (Å²) in [6, 6.07) is -0.734. The number of esters is 1. The second kappa shape index (κ2) is 53.5. The molecule has 6 heteroatoms. The maximum absolute atomic E-state index is 13.2. The van der Waals surface area contributed by atoms with Gasteiger partial charge in [0.2, 0.25) is 5.91 Å². The molecule has 0 aromatic rings. The van der Waals surface area contributed by atoms with E-state index >= 15 is 0 Å². The number of allylic oxidation sites excluding steroid dienone is 9. The van der Waals surface area contributed by atoms with Crippen LogP contribution in [0.5, 0.6) is 0 Å². The van der Waals surface area contributed by atoms with Crippen LogP contribution in [-0.2, 0) is 14.3 Å². The highest BCUT2D eigenvalue weighted by Crippen LogP contribution is 2.17. The van der Waals surface area contributed by atoms with Gasteiger partial charge in [-0.05, 0) is 70.6 Å². The van der Waals surface area contributed by atoms with Crippen molar-refractivity contribution in [2.24, 2.45) is 0 Å². The van der Waals surface area contributed by atoms with E-state index in [4.69, 9.17) is 4.74 Å². The minimum Gasteiger partial charge on any atom is -0.461 e. The quantitative estimate of drug-likeness (QED) is 0.0321. The van der Waals surface area contributed by atoms with Crippen LogP contribution in [-0.4, -0.2) is 46.9 Å². The molecule has 66 heavy (non-hydrogen) atoms. The van der Waals surface area contributed by atoms with Crippen molar-refractivity contribution in [1.29, 1.82) is 0 Å². The first-order chi connectivity index (χ1) is 32.5. The highest BCUT2D eigenvalue weighted by atomic mass is 16.5. The zero-order valence-electron chi connectivity index (χ0n) is 43.8. The third-order valence-corrected chi connectivity index (χ3v) is 12.8. The normalized spacial score (nSPS) is 13.6. The second-order valence-electron chi connectivity index (χ2n) is 19.3. The first-order valence-corrected chi connectivity index (χ1v) is 28.5. The summed E-state index contributed by atoms with van der Waals surface area (Å²) >= 11 is 0. The van der Waals surface area contributed by atoms with E-state index in [1.54, 1.807) is 0 Å². The summed E-state index contributed by atoms with van der Waals surface area (Å²) in [5.41, 5.74) is 0. The SMILES string of the molecule is CCCCC/C=C\C/C=C\C/C=C\C/C=C\CC(CC(=O)NC(CO)C(O)CCCCCCCCCCCCCCCCCC)OC(=O)CCCCCCC/C=C/CCCCCCCCC. The fourth-order valence-corrected chi connectivity index (χ4v) is 8.46. The molecular weight excluding hydrogens is 815 g/mol. The van der Waals surface area contributed by atoms with Gasteiger partial charge in [-0.25, -0.2) is 0 Å². The van der Waals surface area contributed by atoms with Crippen LogP contribution in [0.4, 0.5) is 0 Å². The number of aliphatic hydroxyl groups is 2. The number of carbonyl (C=O) groups excluding carboxylic acids is 2. The summed E-state index contributed by atoms with van der Waals surface area (Å²) in [6.45, 7) is 6.45. The number of hydrogen-bond acceptors (Lipinski definition) is 5. The average Bonchev–Trinajstić information content (AvgIpc) is 3.31. The highest BCUT2D eigenvalue weighted by Gasteiger charge is 2.23. The smallest absolute Gasteiger partial charge is 0.306 e. The molecule has 1 amide bonds. The number of carbonyl (C=O) groups is 2. The number of rotatable bonds is 51. The van der Waals surface area contributed by atoms with Crippen molar-refractivity contribution in [2.75, 3.05) is 6.61 Å². The van der Waals surface area contributed by atoms with E-state index in [-0.39, 0.29) is 24.9 Å². The summed E-state index contributed by atoms with van der Waals surface area (Å²) in [4.78, 5) is 26.2. The van der Waals surface area contributed by atoms with Crippen LogP contribution < -0.4 is 5.32 Å². The molecule has 6 nitrogen and oxygen atoms in total. The Morgan fingerprint density at radius 2 is 0.803 bits per heavy atom. The molecule has 0 aliphatic carbocycles. The van der Waals surface area contributed by atoms with Gasteiger partial charge in [0.15, 0.2) is 0 Å². The first-order valence-electron chi connectivity index (χ1n) is 28.5. The van der Waals surface area contributed by atoms with Gasteiger partial charge in [-0.15, -0.1) is 0 Å². The van der Waals surface area contributed by atoms with Gasteiger partial charge in [-0.1, -0.05) is 255 Å². The topological polar surface area (TPSA) is 95.9 Å². The number of ether oxygens (including phenoxy) is 1. The summed E-state index contributed by atoms with van der Waals surface area (Å²) in [5, 5.41) is 23.8. The fraction of sp³-hybridized carbons (Fsp3) is 0.800. The van der Waals surface area contributed by atoms with Crippen LogP contribution in [0.15, 0.2) is 60.8 Å². The molecule has 0 rings (SSSR count). The lowest BCUT2D eigenvalue weighted by atomic mass is 10.0. The Labute approximate surface area is 409 Å². The van der Waals surface area contributed by atoms with E-state index in [0.29, 0.717) is 19.3 Å². The van der Waals surface area contributed by atoms with Crippen molar-refractivity contribution in [1.82, 2.24) is 5.32 Å². The molecule has 0 aliphatic rings. The van der Waals surface area contributed by atoms with Crippen molar-refractivity contribution in [3.63, 3.8) is 0 Å². The molecule has 384 valence electrons. The van der Waals surface area contributed by atoms with Gasteiger partial charge in [0, 0.05) is 12.8 Å². The highest BCUT2D eigenvalue weighted by molar-refractivity contribution is 5.77. The van der Waals surface area contributed by atoms with E-state index in [1.165, 1.54) is 173 Å². The van der Waals surface area contributed by atoms with Crippen LogP contribution in [0.25, 0.3) is 0 Å². The zero-order valence-corrected chi connectivity index (χ0v) is 43.8. The van der Waals surface area contributed by atoms with Gasteiger partial charge in [-0.3, -0.25) is 9.59 Å². The van der Waals surface area contributed by atoms with Gasteiger partial charge in [0.1, 0.15) is 6.10 Å². The summed E-state index contributed by atoms with van der Waals surface area (Å²) < 4.78 is 5.89. The van der Waals surface area contributed by atoms with Crippen molar-refractivity contribution in [3.8, 4) is 0 Å². The number of amides is 1. The fourth-order valence-electron chi connectivity index (χ4n) is 8.46. The molecule has 0 radical (unpaired) electrons. The van der Waals surface area contributed by atoms with E-state index < -0.39 is 18.2 Å². The van der Waals surface area contributed by atoms with Gasteiger partial charge >= 0.3 is 5.97 Å². The lowest BCUT2D eigenvalue weighted by molar-refractivity contribution is -0.150. The molecule has 0 heterocycles. The Bertz CT molecular complexity index is 1170. The predicted octanol–water partition coefficient (Wildman–Crippen LogP) is 17.6. The second-order valence-corrected chi connectivity index (χ2v) is 19.3. The van der Waals surface area contributed by atoms with Gasteiger partial charge < -0.3 is 20.3 Å². The number of nitrogens with one attached hydrogen (secondary N) is 1. The molecule has 0 aromatic heterocycles. The van der Waals surface area contributed by atoms with Gasteiger partial charge in [0.25, 0.3) is 0 Å². The molecule has 0 bridgehead atoms. The third kappa shape index (κ3) is 48.0. The maximum Gasteiger partial charge on any atom is 0.306 e. The number of unbranched alkanes of at least 4 members (excludes halogenated alkanes) is 30. The van der Waals surface area contributed by atoms with Crippen LogP contribution in [0.1, 0.15) is 284 Å². The van der Waals surface area contributed by atoms with Gasteiger partial charge in [0.05, 0.1) is 25.2 Å². The van der Waals surface area contributed by atoms with E-state index in [2.05, 4.69) is 80.8 Å². The molecule has 3 unspecified atom stereocenters. The Morgan fingerprint density at radius 1 is 0.455 bits per heavy atom. The lowest BCUT2D eigenvalue weighted by Gasteiger charge is -2.24. The van der Waals surface area contributed by atoms with E-state index in [0.717, 1.165) is 64.2 Å². The third-order valence-electron chi connectivity index (χ3n) is 12.8. The largest absolute Gasteiger partial charge is 0.461 e. The van der Waals surface area contributed by atoms with E-state index in [1.807, 2.05) is 6.08 Å². The molecule has 0 fully saturated rings. The van der Waals surface area contributed by atoms with Crippen molar-refractivity contribution in [3.05, 3.63) is 60.8 Å². The Kier molecular flexibility index (Phi) is 51.5. The van der Waals surface area contributed by atoms with Crippen molar-refractivity contribution in [2.45, 2.75) is 302 Å². The molecule has 3 N–H and O–H groups in total.